The molecular weight excluding hydrogens is 308 g/mol. The first-order valence-corrected chi connectivity index (χ1v) is 9.49. The maximum atomic E-state index is 6.01. The first-order chi connectivity index (χ1) is 12.2. The molecule has 0 aliphatic carbocycles. The molecule has 0 amide bonds. The van der Waals surface area contributed by atoms with Crippen molar-refractivity contribution in [2.75, 3.05) is 32.8 Å². The Kier molecular flexibility index (Phi) is 6.11. The molecule has 0 saturated heterocycles. The Hall–Kier alpha value is -1.84. The van der Waals surface area contributed by atoms with Gasteiger partial charge in [0.05, 0.1) is 6.04 Å². The van der Waals surface area contributed by atoms with Crippen molar-refractivity contribution in [3.8, 4) is 5.75 Å². The summed E-state index contributed by atoms with van der Waals surface area (Å²) >= 11 is 0. The summed E-state index contributed by atoms with van der Waals surface area (Å²) in [7, 11) is 0. The van der Waals surface area contributed by atoms with Crippen LogP contribution in [0.15, 0.2) is 42.5 Å². The molecule has 1 N–H and O–H groups in total. The van der Waals surface area contributed by atoms with Crippen molar-refractivity contribution in [3.63, 3.8) is 0 Å². The third-order valence-electron chi connectivity index (χ3n) is 5.24. The van der Waals surface area contributed by atoms with Crippen molar-refractivity contribution in [2.45, 2.75) is 33.2 Å². The van der Waals surface area contributed by atoms with Gasteiger partial charge in [-0.3, -0.25) is 0 Å². The zero-order valence-corrected chi connectivity index (χ0v) is 15.7. The molecule has 134 valence electrons. The van der Waals surface area contributed by atoms with Gasteiger partial charge in [-0.2, -0.15) is 0 Å². The lowest BCUT2D eigenvalue weighted by molar-refractivity contribution is 0.222. The van der Waals surface area contributed by atoms with Crippen LogP contribution in [0.25, 0.3) is 0 Å². The van der Waals surface area contributed by atoms with Crippen LogP contribution < -0.4 is 10.1 Å². The van der Waals surface area contributed by atoms with E-state index in [9.17, 15) is 0 Å². The normalized spacial score (nSPS) is 16.7. The van der Waals surface area contributed by atoms with Gasteiger partial charge < -0.3 is 15.0 Å². The lowest BCUT2D eigenvalue weighted by Crippen LogP contribution is -2.31. The minimum atomic E-state index is 0.287. The van der Waals surface area contributed by atoms with Gasteiger partial charge in [-0.25, -0.2) is 0 Å². The molecule has 3 nitrogen and oxygen atoms in total. The quantitative estimate of drug-likeness (QED) is 0.827. The average molecular weight is 338 g/mol. The molecule has 1 aliphatic heterocycles. The first kappa shape index (κ1) is 18.0. The number of ether oxygens (including phenoxy) is 1. The van der Waals surface area contributed by atoms with Crippen molar-refractivity contribution in [3.05, 3.63) is 64.7 Å². The van der Waals surface area contributed by atoms with Crippen molar-refractivity contribution >= 4 is 0 Å². The smallest absolute Gasteiger partial charge is 0.119 e. The molecule has 0 aromatic heterocycles. The summed E-state index contributed by atoms with van der Waals surface area (Å²) in [6.45, 7) is 11.5. The fourth-order valence-corrected chi connectivity index (χ4v) is 3.65. The highest BCUT2D eigenvalue weighted by molar-refractivity contribution is 5.45. The van der Waals surface area contributed by atoms with Crippen LogP contribution in [0.4, 0.5) is 0 Å². The fourth-order valence-electron chi connectivity index (χ4n) is 3.65. The molecule has 0 spiro atoms. The van der Waals surface area contributed by atoms with Crippen LogP contribution in [0.1, 0.15) is 42.1 Å². The van der Waals surface area contributed by atoms with Gasteiger partial charge in [0, 0.05) is 13.1 Å². The Morgan fingerprint density at radius 3 is 2.64 bits per heavy atom. The monoisotopic (exact) mass is 338 g/mol. The zero-order valence-electron chi connectivity index (χ0n) is 15.7. The van der Waals surface area contributed by atoms with E-state index >= 15 is 0 Å². The number of benzene rings is 2. The van der Waals surface area contributed by atoms with Gasteiger partial charge in [0.25, 0.3) is 0 Å². The average Bonchev–Trinajstić information content (AvgIpc) is 2.65. The molecule has 2 aromatic rings. The second kappa shape index (κ2) is 8.50. The van der Waals surface area contributed by atoms with Gasteiger partial charge in [0.1, 0.15) is 12.4 Å². The number of hydrogen-bond donors (Lipinski definition) is 1. The van der Waals surface area contributed by atoms with E-state index in [-0.39, 0.29) is 6.04 Å². The number of fused-ring (bicyclic) bond motifs is 1. The van der Waals surface area contributed by atoms with Crippen LogP contribution in [-0.2, 0) is 6.42 Å². The van der Waals surface area contributed by atoms with Crippen molar-refractivity contribution in [2.24, 2.45) is 0 Å². The van der Waals surface area contributed by atoms with Gasteiger partial charge >= 0.3 is 0 Å². The third kappa shape index (κ3) is 4.23. The molecule has 2 aromatic carbocycles. The standard InChI is InChI=1S/C22H30N2O/c1-4-24(5-2)14-15-25-19-10-11-21-18(16-19)12-13-23-22(21)20-9-7-6-8-17(20)3/h6-11,16,22-23H,4-5,12-15H2,1-3H3. The van der Waals surface area contributed by atoms with Gasteiger partial charge in [-0.15, -0.1) is 0 Å². The summed E-state index contributed by atoms with van der Waals surface area (Å²) in [6.07, 6.45) is 1.06. The minimum absolute atomic E-state index is 0.287. The summed E-state index contributed by atoms with van der Waals surface area (Å²) in [6, 6.07) is 15.5. The largest absolute Gasteiger partial charge is 0.492 e. The molecular formula is C22H30N2O. The predicted molar refractivity (Wildman–Crippen MR) is 104 cm³/mol. The molecule has 1 aliphatic rings. The highest BCUT2D eigenvalue weighted by Gasteiger charge is 2.22. The van der Waals surface area contributed by atoms with E-state index in [1.165, 1.54) is 22.3 Å². The highest BCUT2D eigenvalue weighted by atomic mass is 16.5. The predicted octanol–water partition coefficient (Wildman–Crippen LogP) is 3.95. The molecule has 3 rings (SSSR count). The van der Waals surface area contributed by atoms with Crippen LogP contribution in [0.3, 0.4) is 0 Å². The fraction of sp³-hybridized carbons (Fsp3) is 0.455. The topological polar surface area (TPSA) is 24.5 Å². The van der Waals surface area contributed by atoms with Crippen molar-refractivity contribution in [1.29, 1.82) is 0 Å². The van der Waals surface area contributed by atoms with E-state index in [2.05, 4.69) is 73.5 Å². The number of likely N-dealkylation sites (N-methyl/N-ethyl adjacent to an activating group) is 1. The Morgan fingerprint density at radius 1 is 1.08 bits per heavy atom. The lowest BCUT2D eigenvalue weighted by Gasteiger charge is -2.29. The molecule has 0 radical (unpaired) electrons. The third-order valence-corrected chi connectivity index (χ3v) is 5.24. The van der Waals surface area contributed by atoms with E-state index in [0.717, 1.165) is 45.0 Å². The molecule has 3 heteroatoms. The molecule has 1 unspecified atom stereocenters. The van der Waals surface area contributed by atoms with Gasteiger partial charge in [-0.1, -0.05) is 44.2 Å². The van der Waals surface area contributed by atoms with Crippen LogP contribution in [0.2, 0.25) is 0 Å². The van der Waals surface area contributed by atoms with Crippen molar-refractivity contribution < 1.29 is 4.74 Å². The molecule has 1 heterocycles. The Morgan fingerprint density at radius 2 is 1.88 bits per heavy atom. The Balaban J connectivity index is 1.73. The number of nitrogens with one attached hydrogen (secondary N) is 1. The number of hydrogen-bond acceptors (Lipinski definition) is 3. The van der Waals surface area contributed by atoms with Crippen LogP contribution in [0.5, 0.6) is 5.75 Å². The van der Waals surface area contributed by atoms with Crippen LogP contribution in [0, 0.1) is 6.92 Å². The summed E-state index contributed by atoms with van der Waals surface area (Å²) < 4.78 is 6.01. The zero-order chi connectivity index (χ0) is 17.6. The Bertz CT molecular complexity index is 694. The maximum absolute atomic E-state index is 6.01. The first-order valence-electron chi connectivity index (χ1n) is 9.49. The molecule has 1 atom stereocenters. The summed E-state index contributed by atoms with van der Waals surface area (Å²) in [4.78, 5) is 2.39. The van der Waals surface area contributed by atoms with E-state index in [1.807, 2.05) is 0 Å². The minimum Gasteiger partial charge on any atom is -0.492 e. The highest BCUT2D eigenvalue weighted by Crippen LogP contribution is 2.32. The van der Waals surface area contributed by atoms with E-state index in [4.69, 9.17) is 4.74 Å². The lowest BCUT2D eigenvalue weighted by atomic mass is 9.88. The summed E-state index contributed by atoms with van der Waals surface area (Å²) in [5.41, 5.74) is 5.51. The SMILES string of the molecule is CCN(CC)CCOc1ccc2c(c1)CCNC2c1ccccc1C. The van der Waals surface area contributed by atoms with Gasteiger partial charge in [0.15, 0.2) is 0 Å². The summed E-state index contributed by atoms with van der Waals surface area (Å²) in [5, 5.41) is 3.68. The number of nitrogens with zero attached hydrogens (tertiary/aromatic N) is 1. The van der Waals surface area contributed by atoms with E-state index in [1.54, 1.807) is 0 Å². The molecule has 0 bridgehead atoms. The van der Waals surface area contributed by atoms with Crippen LogP contribution in [-0.4, -0.2) is 37.7 Å². The number of rotatable bonds is 7. The Labute approximate surface area is 152 Å². The molecule has 0 fully saturated rings. The maximum Gasteiger partial charge on any atom is 0.119 e. The molecule has 0 saturated carbocycles. The summed E-state index contributed by atoms with van der Waals surface area (Å²) in [5.74, 6) is 0.997. The second-order valence-corrected chi connectivity index (χ2v) is 6.73. The van der Waals surface area contributed by atoms with Crippen LogP contribution >= 0.6 is 0 Å². The van der Waals surface area contributed by atoms with Gasteiger partial charge in [-0.05, 0) is 60.8 Å². The second-order valence-electron chi connectivity index (χ2n) is 6.73. The van der Waals surface area contributed by atoms with Gasteiger partial charge in [0.2, 0.25) is 0 Å². The van der Waals surface area contributed by atoms with E-state index in [0.29, 0.717) is 0 Å². The van der Waals surface area contributed by atoms with E-state index < -0.39 is 0 Å². The molecule has 25 heavy (non-hydrogen) atoms. The number of aryl methyl sites for hydroxylation is 1. The van der Waals surface area contributed by atoms with Crippen molar-refractivity contribution in [1.82, 2.24) is 10.2 Å².